The number of carbonyl (C=O) groups is 1. The molecular weight excluding hydrogens is 392 g/mol. The van der Waals surface area contributed by atoms with Crippen molar-refractivity contribution in [1.29, 1.82) is 0 Å². The van der Waals surface area contributed by atoms with Crippen molar-refractivity contribution in [1.82, 2.24) is 4.98 Å². The summed E-state index contributed by atoms with van der Waals surface area (Å²) in [5.74, 6) is 0.921. The summed E-state index contributed by atoms with van der Waals surface area (Å²) < 4.78 is 10.4. The average molecular weight is 421 g/mol. The zero-order valence-electron chi connectivity index (χ0n) is 18.3. The zero-order valence-corrected chi connectivity index (χ0v) is 18.3. The fourth-order valence-electron chi connectivity index (χ4n) is 3.05. The van der Waals surface area contributed by atoms with Gasteiger partial charge in [0.15, 0.2) is 0 Å². The van der Waals surface area contributed by atoms with Gasteiger partial charge in [-0.1, -0.05) is 18.2 Å². The van der Waals surface area contributed by atoms with Crippen LogP contribution in [-0.2, 0) is 4.74 Å². The predicted octanol–water partition coefficient (Wildman–Crippen LogP) is 4.13. The maximum Gasteiger partial charge on any atom is 0.259 e. The number of anilines is 3. The average Bonchev–Trinajstić information content (AvgIpc) is 2.79. The Morgan fingerprint density at radius 2 is 1.84 bits per heavy atom. The van der Waals surface area contributed by atoms with Gasteiger partial charge in [-0.3, -0.25) is 4.79 Å². The van der Waals surface area contributed by atoms with Crippen LogP contribution in [0.5, 0.6) is 5.75 Å². The van der Waals surface area contributed by atoms with Crippen LogP contribution < -0.4 is 20.3 Å². The van der Waals surface area contributed by atoms with Gasteiger partial charge in [0.1, 0.15) is 11.6 Å². The number of rotatable bonds is 9. The Bertz CT molecular complexity index is 1040. The third-order valence-electron chi connectivity index (χ3n) is 4.72. The summed E-state index contributed by atoms with van der Waals surface area (Å²) in [7, 11) is 7.22. The monoisotopic (exact) mass is 420 g/mol. The molecule has 162 valence electrons. The van der Waals surface area contributed by atoms with E-state index < -0.39 is 0 Å². The smallest absolute Gasteiger partial charge is 0.259 e. The highest BCUT2D eigenvalue weighted by atomic mass is 16.5. The van der Waals surface area contributed by atoms with Crippen LogP contribution in [0.4, 0.5) is 17.2 Å². The summed E-state index contributed by atoms with van der Waals surface area (Å²) in [6, 6.07) is 19.0. The summed E-state index contributed by atoms with van der Waals surface area (Å²) >= 11 is 0. The third kappa shape index (κ3) is 5.73. The molecule has 0 bridgehead atoms. The van der Waals surface area contributed by atoms with Gasteiger partial charge < -0.3 is 25.0 Å². The van der Waals surface area contributed by atoms with Crippen LogP contribution in [-0.4, -0.2) is 52.4 Å². The normalized spacial score (nSPS) is 10.5. The van der Waals surface area contributed by atoms with Gasteiger partial charge in [-0.15, -0.1) is 0 Å². The van der Waals surface area contributed by atoms with Crippen LogP contribution in [0.3, 0.4) is 0 Å². The van der Waals surface area contributed by atoms with Gasteiger partial charge >= 0.3 is 0 Å². The van der Waals surface area contributed by atoms with Crippen molar-refractivity contribution < 1.29 is 14.3 Å². The molecule has 0 fully saturated rings. The maximum absolute atomic E-state index is 13.0. The topological polar surface area (TPSA) is 75.7 Å². The van der Waals surface area contributed by atoms with Gasteiger partial charge in [0.05, 0.1) is 25.0 Å². The lowest BCUT2D eigenvalue weighted by Crippen LogP contribution is -2.18. The Hall–Kier alpha value is -3.58. The van der Waals surface area contributed by atoms with Crippen molar-refractivity contribution in [2.75, 3.05) is 57.0 Å². The standard InChI is InChI=1S/C24H28N4O3/c1-28(2)19-9-5-7-17(15-19)22-12-11-21(23(27-22)25-13-14-30-3)24(29)26-18-8-6-10-20(16-18)31-4/h5-12,15-16H,13-14H2,1-4H3,(H,25,27)(H,26,29). The van der Waals surface area contributed by atoms with E-state index in [2.05, 4.69) is 16.7 Å². The van der Waals surface area contributed by atoms with E-state index in [1.165, 1.54) is 0 Å². The lowest BCUT2D eigenvalue weighted by Gasteiger charge is -2.15. The number of hydrogen-bond acceptors (Lipinski definition) is 6. The molecule has 3 rings (SSSR count). The molecule has 0 unspecified atom stereocenters. The summed E-state index contributed by atoms with van der Waals surface area (Å²) in [5, 5.41) is 6.13. The molecule has 0 saturated carbocycles. The number of benzene rings is 2. The second-order valence-corrected chi connectivity index (χ2v) is 7.14. The second-order valence-electron chi connectivity index (χ2n) is 7.14. The van der Waals surface area contributed by atoms with E-state index in [0.717, 1.165) is 16.9 Å². The van der Waals surface area contributed by atoms with Crippen LogP contribution in [0.25, 0.3) is 11.3 Å². The van der Waals surface area contributed by atoms with Crippen LogP contribution in [0.15, 0.2) is 60.7 Å². The zero-order chi connectivity index (χ0) is 22.2. The first-order chi connectivity index (χ1) is 15.0. The molecule has 0 aliphatic heterocycles. The van der Waals surface area contributed by atoms with Crippen LogP contribution in [0, 0.1) is 0 Å². The highest BCUT2D eigenvalue weighted by molar-refractivity contribution is 6.07. The van der Waals surface area contributed by atoms with Crippen molar-refractivity contribution >= 4 is 23.1 Å². The number of pyridine rings is 1. The summed E-state index contributed by atoms with van der Waals surface area (Å²) in [6.07, 6.45) is 0. The van der Waals surface area contributed by atoms with E-state index in [1.807, 2.05) is 61.5 Å². The first kappa shape index (κ1) is 22.1. The molecule has 3 aromatic rings. The van der Waals surface area contributed by atoms with Crippen molar-refractivity contribution in [2.45, 2.75) is 0 Å². The number of carbonyl (C=O) groups excluding carboxylic acids is 1. The first-order valence-electron chi connectivity index (χ1n) is 9.99. The molecule has 0 aliphatic rings. The van der Waals surface area contributed by atoms with E-state index in [0.29, 0.717) is 36.0 Å². The van der Waals surface area contributed by atoms with Crippen molar-refractivity contribution in [3.8, 4) is 17.0 Å². The molecule has 2 N–H and O–H groups in total. The molecule has 1 aromatic heterocycles. The molecule has 1 heterocycles. The molecule has 0 aliphatic carbocycles. The van der Waals surface area contributed by atoms with Crippen LogP contribution >= 0.6 is 0 Å². The minimum absolute atomic E-state index is 0.255. The Morgan fingerprint density at radius 3 is 2.58 bits per heavy atom. The van der Waals surface area contributed by atoms with Gasteiger partial charge in [0, 0.05) is 50.8 Å². The molecule has 0 radical (unpaired) electrons. The van der Waals surface area contributed by atoms with Gasteiger partial charge in [-0.05, 0) is 36.4 Å². The quantitative estimate of drug-likeness (QED) is 0.507. The molecule has 1 amide bonds. The Kier molecular flexibility index (Phi) is 7.45. The predicted molar refractivity (Wildman–Crippen MR) is 125 cm³/mol. The minimum atomic E-state index is -0.255. The third-order valence-corrected chi connectivity index (χ3v) is 4.72. The molecule has 7 nitrogen and oxygen atoms in total. The molecule has 0 saturated heterocycles. The van der Waals surface area contributed by atoms with Gasteiger partial charge in [-0.25, -0.2) is 4.98 Å². The van der Waals surface area contributed by atoms with Crippen LogP contribution in [0.2, 0.25) is 0 Å². The van der Waals surface area contributed by atoms with Gasteiger partial charge in [0.25, 0.3) is 5.91 Å². The summed E-state index contributed by atoms with van der Waals surface area (Å²) in [4.78, 5) is 19.8. The highest BCUT2D eigenvalue weighted by Gasteiger charge is 2.15. The molecule has 2 aromatic carbocycles. The minimum Gasteiger partial charge on any atom is -0.497 e. The van der Waals surface area contributed by atoms with E-state index in [1.54, 1.807) is 26.4 Å². The molecular formula is C24H28N4O3. The molecule has 31 heavy (non-hydrogen) atoms. The number of nitrogens with one attached hydrogen (secondary N) is 2. The van der Waals surface area contributed by atoms with Gasteiger partial charge in [-0.2, -0.15) is 0 Å². The Labute approximate surface area is 183 Å². The highest BCUT2D eigenvalue weighted by Crippen LogP contribution is 2.26. The Balaban J connectivity index is 1.91. The van der Waals surface area contributed by atoms with Crippen molar-refractivity contribution in [2.24, 2.45) is 0 Å². The van der Waals surface area contributed by atoms with E-state index >= 15 is 0 Å². The largest absolute Gasteiger partial charge is 0.497 e. The Morgan fingerprint density at radius 1 is 1.03 bits per heavy atom. The van der Waals surface area contributed by atoms with Crippen molar-refractivity contribution in [3.63, 3.8) is 0 Å². The van der Waals surface area contributed by atoms with E-state index in [4.69, 9.17) is 14.5 Å². The lowest BCUT2D eigenvalue weighted by molar-refractivity contribution is 0.102. The maximum atomic E-state index is 13.0. The van der Waals surface area contributed by atoms with Gasteiger partial charge in [0.2, 0.25) is 0 Å². The SMILES string of the molecule is COCCNc1nc(-c2cccc(N(C)C)c2)ccc1C(=O)Nc1cccc(OC)c1. The first-order valence-corrected chi connectivity index (χ1v) is 9.99. The van der Waals surface area contributed by atoms with Crippen molar-refractivity contribution in [3.05, 3.63) is 66.2 Å². The number of methoxy groups -OCH3 is 2. The molecule has 7 heteroatoms. The fraction of sp³-hybridized carbons (Fsp3) is 0.250. The molecule has 0 spiro atoms. The molecule has 0 atom stereocenters. The summed E-state index contributed by atoms with van der Waals surface area (Å²) in [5.41, 5.74) is 3.93. The van der Waals surface area contributed by atoms with E-state index in [9.17, 15) is 4.79 Å². The number of aromatic nitrogens is 1. The number of ether oxygens (including phenoxy) is 2. The fourth-order valence-corrected chi connectivity index (χ4v) is 3.05. The van der Waals surface area contributed by atoms with Crippen LogP contribution in [0.1, 0.15) is 10.4 Å². The van der Waals surface area contributed by atoms with E-state index in [-0.39, 0.29) is 5.91 Å². The number of amides is 1. The number of hydrogen-bond donors (Lipinski definition) is 2. The lowest BCUT2D eigenvalue weighted by atomic mass is 10.1. The number of nitrogens with zero attached hydrogens (tertiary/aromatic N) is 2. The summed E-state index contributed by atoms with van der Waals surface area (Å²) in [6.45, 7) is 1.03. The second kappa shape index (κ2) is 10.4.